The van der Waals surface area contributed by atoms with Gasteiger partial charge in [0.2, 0.25) is 0 Å². The molecule has 1 fully saturated rings. The van der Waals surface area contributed by atoms with Crippen molar-refractivity contribution in [2.75, 3.05) is 13.1 Å². The van der Waals surface area contributed by atoms with E-state index < -0.39 is 0 Å². The molecule has 1 aromatic rings. The van der Waals surface area contributed by atoms with Crippen LogP contribution in [0.3, 0.4) is 0 Å². The second-order valence-electron chi connectivity index (χ2n) is 3.80. The van der Waals surface area contributed by atoms with Crippen molar-refractivity contribution in [3.05, 3.63) is 34.9 Å². The van der Waals surface area contributed by atoms with Crippen molar-refractivity contribution >= 4 is 11.6 Å². The lowest BCUT2D eigenvalue weighted by Gasteiger charge is -2.15. The van der Waals surface area contributed by atoms with Gasteiger partial charge in [-0.3, -0.25) is 0 Å². The van der Waals surface area contributed by atoms with Gasteiger partial charge in [-0.05, 0) is 11.6 Å². The Balaban J connectivity index is 1.90. The van der Waals surface area contributed by atoms with Gasteiger partial charge in [-0.25, -0.2) is 0 Å². The van der Waals surface area contributed by atoms with Crippen molar-refractivity contribution in [3.63, 3.8) is 0 Å². The van der Waals surface area contributed by atoms with Crippen LogP contribution in [0, 0.1) is 0 Å². The molecule has 1 aliphatic rings. The summed E-state index contributed by atoms with van der Waals surface area (Å²) in [6, 6.07) is 7.87. The van der Waals surface area contributed by atoms with Gasteiger partial charge < -0.3 is 15.7 Å². The van der Waals surface area contributed by atoms with Gasteiger partial charge in [-0.1, -0.05) is 29.8 Å². The molecule has 82 valence electrons. The van der Waals surface area contributed by atoms with Crippen molar-refractivity contribution < 1.29 is 5.11 Å². The highest BCUT2D eigenvalue weighted by molar-refractivity contribution is 6.31. The van der Waals surface area contributed by atoms with E-state index in [1.807, 2.05) is 24.3 Å². The minimum Gasteiger partial charge on any atom is -0.390 e. The van der Waals surface area contributed by atoms with E-state index in [4.69, 9.17) is 11.6 Å². The topological polar surface area (TPSA) is 44.3 Å². The molecule has 0 radical (unpaired) electrons. The van der Waals surface area contributed by atoms with Gasteiger partial charge in [0.05, 0.1) is 6.10 Å². The molecule has 0 unspecified atom stereocenters. The number of halogens is 1. The fourth-order valence-corrected chi connectivity index (χ4v) is 1.96. The lowest BCUT2D eigenvalue weighted by molar-refractivity contribution is 0.162. The molecule has 0 amide bonds. The number of nitrogens with one attached hydrogen (secondary N) is 2. The summed E-state index contributed by atoms with van der Waals surface area (Å²) in [6.45, 7) is 2.18. The molecule has 0 spiro atoms. The van der Waals surface area contributed by atoms with Crippen LogP contribution in [0.15, 0.2) is 24.3 Å². The van der Waals surface area contributed by atoms with E-state index in [-0.39, 0.29) is 12.1 Å². The summed E-state index contributed by atoms with van der Waals surface area (Å²) in [5, 5.41) is 16.8. The Labute approximate surface area is 94.4 Å². The van der Waals surface area contributed by atoms with E-state index in [1.54, 1.807) is 0 Å². The summed E-state index contributed by atoms with van der Waals surface area (Å²) >= 11 is 6.03. The van der Waals surface area contributed by atoms with E-state index in [1.165, 1.54) is 0 Å². The molecule has 2 rings (SSSR count). The molecule has 15 heavy (non-hydrogen) atoms. The molecular formula is C11H15ClN2O. The number of aliphatic hydroxyl groups is 1. The molecule has 1 heterocycles. The van der Waals surface area contributed by atoms with Crippen LogP contribution in [0.1, 0.15) is 5.56 Å². The Kier molecular flexibility index (Phi) is 3.59. The zero-order valence-corrected chi connectivity index (χ0v) is 9.17. The van der Waals surface area contributed by atoms with Gasteiger partial charge in [0.25, 0.3) is 0 Å². The molecule has 1 saturated heterocycles. The number of hydrogen-bond donors (Lipinski definition) is 3. The Morgan fingerprint density at radius 3 is 2.87 bits per heavy atom. The Bertz CT molecular complexity index is 332. The largest absolute Gasteiger partial charge is 0.390 e. The first-order valence-corrected chi connectivity index (χ1v) is 5.51. The minimum atomic E-state index is -0.299. The maximum atomic E-state index is 9.58. The molecule has 0 aromatic heterocycles. The first-order chi connectivity index (χ1) is 7.27. The molecule has 1 aliphatic heterocycles. The minimum absolute atomic E-state index is 0.126. The van der Waals surface area contributed by atoms with Gasteiger partial charge in [0.15, 0.2) is 0 Å². The zero-order valence-electron chi connectivity index (χ0n) is 8.41. The van der Waals surface area contributed by atoms with Gasteiger partial charge in [0, 0.05) is 30.7 Å². The van der Waals surface area contributed by atoms with E-state index in [9.17, 15) is 5.11 Å². The van der Waals surface area contributed by atoms with Crippen LogP contribution in [0.5, 0.6) is 0 Å². The monoisotopic (exact) mass is 226 g/mol. The Hall–Kier alpha value is -0.610. The molecule has 0 aliphatic carbocycles. The van der Waals surface area contributed by atoms with Gasteiger partial charge in [0.1, 0.15) is 0 Å². The standard InChI is InChI=1S/C11H15ClN2O/c12-9-4-2-1-3-8(9)5-14-10-6-13-7-11(10)15/h1-4,10-11,13-15H,5-7H2/t10-,11-/m1/s1. The second kappa shape index (κ2) is 4.94. The molecule has 2 atom stereocenters. The third kappa shape index (κ3) is 2.69. The number of hydrogen-bond acceptors (Lipinski definition) is 3. The molecule has 4 heteroatoms. The Morgan fingerprint density at radius 1 is 1.40 bits per heavy atom. The fourth-order valence-electron chi connectivity index (χ4n) is 1.76. The Morgan fingerprint density at radius 2 is 2.20 bits per heavy atom. The van der Waals surface area contributed by atoms with E-state index in [0.29, 0.717) is 13.1 Å². The highest BCUT2D eigenvalue weighted by atomic mass is 35.5. The van der Waals surface area contributed by atoms with E-state index >= 15 is 0 Å². The normalized spacial score (nSPS) is 25.7. The SMILES string of the molecule is O[C@@H]1CNC[C@H]1NCc1ccccc1Cl. The highest BCUT2D eigenvalue weighted by Crippen LogP contribution is 2.14. The summed E-state index contributed by atoms with van der Waals surface area (Å²) in [7, 11) is 0. The van der Waals surface area contributed by atoms with Crippen molar-refractivity contribution in [1.29, 1.82) is 0 Å². The van der Waals surface area contributed by atoms with Crippen LogP contribution in [0.2, 0.25) is 5.02 Å². The number of rotatable bonds is 3. The average molecular weight is 227 g/mol. The molecule has 1 aromatic carbocycles. The molecule has 3 nitrogen and oxygen atoms in total. The number of β-amino-alcohol motifs (C(OH)–C–C–N with tert-alkyl or cyclic N) is 1. The summed E-state index contributed by atoms with van der Waals surface area (Å²) in [5.41, 5.74) is 1.07. The summed E-state index contributed by atoms with van der Waals surface area (Å²) in [6.07, 6.45) is -0.299. The van der Waals surface area contributed by atoms with Crippen LogP contribution in [-0.2, 0) is 6.54 Å². The van der Waals surface area contributed by atoms with Crippen LogP contribution in [-0.4, -0.2) is 30.3 Å². The smallest absolute Gasteiger partial charge is 0.0829 e. The summed E-state index contributed by atoms with van der Waals surface area (Å²) in [5.74, 6) is 0. The first-order valence-electron chi connectivity index (χ1n) is 5.13. The fraction of sp³-hybridized carbons (Fsp3) is 0.455. The maximum Gasteiger partial charge on any atom is 0.0829 e. The predicted molar refractivity (Wildman–Crippen MR) is 61.0 cm³/mol. The third-order valence-corrected chi connectivity index (χ3v) is 3.06. The van der Waals surface area contributed by atoms with Crippen molar-refractivity contribution in [1.82, 2.24) is 10.6 Å². The van der Waals surface area contributed by atoms with Gasteiger partial charge >= 0.3 is 0 Å². The van der Waals surface area contributed by atoms with Crippen LogP contribution >= 0.6 is 11.6 Å². The third-order valence-electron chi connectivity index (χ3n) is 2.69. The van der Waals surface area contributed by atoms with Crippen molar-refractivity contribution in [2.45, 2.75) is 18.7 Å². The van der Waals surface area contributed by atoms with Crippen LogP contribution in [0.4, 0.5) is 0 Å². The van der Waals surface area contributed by atoms with Crippen molar-refractivity contribution in [2.24, 2.45) is 0 Å². The van der Waals surface area contributed by atoms with Gasteiger partial charge in [-0.15, -0.1) is 0 Å². The molecule has 0 bridgehead atoms. The molecular weight excluding hydrogens is 212 g/mol. The first kappa shape index (κ1) is 10.9. The van der Waals surface area contributed by atoms with E-state index in [0.717, 1.165) is 17.1 Å². The maximum absolute atomic E-state index is 9.58. The van der Waals surface area contributed by atoms with E-state index in [2.05, 4.69) is 10.6 Å². The number of aliphatic hydroxyl groups excluding tert-OH is 1. The lowest BCUT2D eigenvalue weighted by atomic mass is 10.2. The van der Waals surface area contributed by atoms with Crippen LogP contribution < -0.4 is 10.6 Å². The van der Waals surface area contributed by atoms with Crippen LogP contribution in [0.25, 0.3) is 0 Å². The average Bonchev–Trinajstić information content (AvgIpc) is 2.63. The highest BCUT2D eigenvalue weighted by Gasteiger charge is 2.23. The summed E-state index contributed by atoms with van der Waals surface area (Å²) in [4.78, 5) is 0. The quantitative estimate of drug-likeness (QED) is 0.713. The number of benzene rings is 1. The lowest BCUT2D eigenvalue weighted by Crippen LogP contribution is -2.38. The summed E-state index contributed by atoms with van der Waals surface area (Å²) < 4.78 is 0. The molecule has 3 N–H and O–H groups in total. The van der Waals surface area contributed by atoms with Crippen molar-refractivity contribution in [3.8, 4) is 0 Å². The predicted octanol–water partition coefficient (Wildman–Crippen LogP) is 0.762. The molecule has 0 saturated carbocycles. The van der Waals surface area contributed by atoms with Gasteiger partial charge in [-0.2, -0.15) is 0 Å². The zero-order chi connectivity index (χ0) is 10.7. The second-order valence-corrected chi connectivity index (χ2v) is 4.21.